The lowest BCUT2D eigenvalue weighted by Crippen LogP contribution is -2.64. The summed E-state index contributed by atoms with van der Waals surface area (Å²) in [6.07, 6.45) is 1.77. The Morgan fingerprint density at radius 1 is 1.08 bits per heavy atom. The standard InChI is InChI=1S/C17H26ClN3O2S/c1-19-11-12-20(2)17(14-19)7-9-21(10-8-17)24(22,23)13-15-5-3-4-6-16(15)18/h3-6H,7-14H2,1-2H3. The predicted octanol–water partition coefficient (Wildman–Crippen LogP) is 1.88. The van der Waals surface area contributed by atoms with Gasteiger partial charge in [-0.05, 0) is 38.6 Å². The average molecular weight is 372 g/mol. The normalized spacial score (nSPS) is 23.6. The van der Waals surface area contributed by atoms with Gasteiger partial charge in [-0.25, -0.2) is 12.7 Å². The lowest BCUT2D eigenvalue weighted by molar-refractivity contribution is -0.00630. The zero-order valence-corrected chi connectivity index (χ0v) is 16.0. The monoisotopic (exact) mass is 371 g/mol. The average Bonchev–Trinajstić information content (AvgIpc) is 2.54. The number of halogens is 1. The van der Waals surface area contributed by atoms with Crippen LogP contribution in [-0.4, -0.2) is 74.9 Å². The van der Waals surface area contributed by atoms with Crippen LogP contribution in [0.5, 0.6) is 0 Å². The van der Waals surface area contributed by atoms with Crippen LogP contribution in [0.25, 0.3) is 0 Å². The van der Waals surface area contributed by atoms with Crippen LogP contribution in [-0.2, 0) is 15.8 Å². The number of nitrogens with zero attached hydrogens (tertiary/aromatic N) is 3. The number of hydrogen-bond acceptors (Lipinski definition) is 4. The van der Waals surface area contributed by atoms with E-state index in [1.54, 1.807) is 16.4 Å². The molecule has 1 aromatic carbocycles. The van der Waals surface area contributed by atoms with E-state index in [1.165, 1.54) is 0 Å². The van der Waals surface area contributed by atoms with Crippen molar-refractivity contribution >= 4 is 21.6 Å². The van der Waals surface area contributed by atoms with Gasteiger partial charge in [0.15, 0.2) is 0 Å². The molecule has 2 heterocycles. The van der Waals surface area contributed by atoms with Gasteiger partial charge < -0.3 is 4.90 Å². The molecule has 0 unspecified atom stereocenters. The molecule has 24 heavy (non-hydrogen) atoms. The molecule has 0 aromatic heterocycles. The van der Waals surface area contributed by atoms with E-state index in [-0.39, 0.29) is 11.3 Å². The molecule has 0 N–H and O–H groups in total. The number of likely N-dealkylation sites (N-methyl/N-ethyl adjacent to an activating group) is 2. The second-order valence-corrected chi connectivity index (χ2v) is 9.51. The number of hydrogen-bond donors (Lipinski definition) is 0. The SMILES string of the molecule is CN1CCN(C)C2(CCN(S(=O)(=O)Cc3ccccc3Cl)CC2)C1. The molecule has 0 saturated carbocycles. The smallest absolute Gasteiger partial charge is 0.218 e. The molecule has 0 amide bonds. The Morgan fingerprint density at radius 2 is 1.75 bits per heavy atom. The van der Waals surface area contributed by atoms with Gasteiger partial charge >= 0.3 is 0 Å². The van der Waals surface area contributed by atoms with E-state index in [9.17, 15) is 8.42 Å². The van der Waals surface area contributed by atoms with Gasteiger partial charge in [-0.15, -0.1) is 0 Å². The Hall–Kier alpha value is -0.660. The molecule has 5 nitrogen and oxygen atoms in total. The highest BCUT2D eigenvalue weighted by Gasteiger charge is 2.43. The van der Waals surface area contributed by atoms with Gasteiger partial charge in [0.2, 0.25) is 10.0 Å². The summed E-state index contributed by atoms with van der Waals surface area (Å²) in [6.45, 7) is 4.31. The van der Waals surface area contributed by atoms with Crippen LogP contribution >= 0.6 is 11.6 Å². The molecular weight excluding hydrogens is 346 g/mol. The second kappa shape index (κ2) is 6.92. The van der Waals surface area contributed by atoms with Crippen LogP contribution in [0.3, 0.4) is 0 Å². The van der Waals surface area contributed by atoms with Crippen molar-refractivity contribution in [3.8, 4) is 0 Å². The Kier molecular flexibility index (Phi) is 5.23. The van der Waals surface area contributed by atoms with Crippen LogP contribution in [0.4, 0.5) is 0 Å². The highest BCUT2D eigenvalue weighted by Crippen LogP contribution is 2.33. The third-order valence-electron chi connectivity index (χ3n) is 5.53. The molecular formula is C17H26ClN3O2S. The van der Waals surface area contributed by atoms with E-state index in [1.807, 2.05) is 12.1 Å². The maximum absolute atomic E-state index is 12.8. The van der Waals surface area contributed by atoms with E-state index < -0.39 is 10.0 Å². The first kappa shape index (κ1) is 18.1. The van der Waals surface area contributed by atoms with Crippen molar-refractivity contribution < 1.29 is 8.42 Å². The molecule has 1 aromatic rings. The Morgan fingerprint density at radius 3 is 2.42 bits per heavy atom. The molecule has 0 atom stereocenters. The molecule has 3 rings (SSSR count). The van der Waals surface area contributed by atoms with E-state index in [4.69, 9.17) is 11.6 Å². The van der Waals surface area contributed by atoms with Crippen molar-refractivity contribution in [1.29, 1.82) is 0 Å². The zero-order valence-electron chi connectivity index (χ0n) is 14.4. The lowest BCUT2D eigenvalue weighted by Gasteiger charge is -2.52. The van der Waals surface area contributed by atoms with Gasteiger partial charge in [-0.2, -0.15) is 0 Å². The molecule has 1 spiro atoms. The summed E-state index contributed by atoms with van der Waals surface area (Å²) in [6, 6.07) is 7.17. The van der Waals surface area contributed by atoms with E-state index in [2.05, 4.69) is 23.9 Å². The Labute approximate surface area is 150 Å². The van der Waals surface area contributed by atoms with Crippen LogP contribution in [0.15, 0.2) is 24.3 Å². The van der Waals surface area contributed by atoms with Crippen molar-refractivity contribution in [3.63, 3.8) is 0 Å². The number of piperidine rings is 1. The molecule has 2 aliphatic heterocycles. The predicted molar refractivity (Wildman–Crippen MR) is 97.7 cm³/mol. The molecule has 134 valence electrons. The van der Waals surface area contributed by atoms with Crippen molar-refractivity contribution in [3.05, 3.63) is 34.9 Å². The van der Waals surface area contributed by atoms with Gasteiger partial charge in [0.25, 0.3) is 0 Å². The van der Waals surface area contributed by atoms with Crippen LogP contribution < -0.4 is 0 Å². The topological polar surface area (TPSA) is 43.9 Å². The summed E-state index contributed by atoms with van der Waals surface area (Å²) >= 11 is 6.13. The molecule has 2 aliphatic rings. The molecule has 2 fully saturated rings. The van der Waals surface area contributed by atoms with Gasteiger partial charge in [-0.3, -0.25) is 4.90 Å². The van der Waals surface area contributed by atoms with Crippen molar-refractivity contribution in [1.82, 2.24) is 14.1 Å². The van der Waals surface area contributed by atoms with E-state index in [0.717, 1.165) is 32.5 Å². The summed E-state index contributed by atoms with van der Waals surface area (Å²) in [4.78, 5) is 4.78. The van der Waals surface area contributed by atoms with Crippen LogP contribution in [0, 0.1) is 0 Å². The first-order valence-corrected chi connectivity index (χ1v) is 10.4. The van der Waals surface area contributed by atoms with Gasteiger partial charge in [0.05, 0.1) is 5.75 Å². The van der Waals surface area contributed by atoms with Crippen molar-refractivity contribution in [2.45, 2.75) is 24.1 Å². The third-order valence-corrected chi connectivity index (χ3v) is 7.73. The lowest BCUT2D eigenvalue weighted by atomic mass is 9.84. The molecule has 2 saturated heterocycles. The summed E-state index contributed by atoms with van der Waals surface area (Å²) in [5.41, 5.74) is 0.789. The van der Waals surface area contributed by atoms with Gasteiger partial charge in [0.1, 0.15) is 0 Å². The van der Waals surface area contributed by atoms with Crippen LogP contribution in [0.1, 0.15) is 18.4 Å². The Balaban J connectivity index is 1.68. The minimum absolute atomic E-state index is 0.0184. The first-order valence-electron chi connectivity index (χ1n) is 8.43. The maximum Gasteiger partial charge on any atom is 0.218 e. The summed E-state index contributed by atoms with van der Waals surface area (Å²) in [7, 11) is 0.987. The molecule has 0 bridgehead atoms. The highest BCUT2D eigenvalue weighted by atomic mass is 35.5. The zero-order chi connectivity index (χ0) is 17.4. The largest absolute Gasteiger partial charge is 0.303 e. The molecule has 7 heteroatoms. The number of sulfonamides is 1. The van der Waals surface area contributed by atoms with Crippen molar-refractivity contribution in [2.24, 2.45) is 0 Å². The number of piperazine rings is 1. The summed E-state index contributed by atoms with van der Waals surface area (Å²) in [5, 5.41) is 0.517. The minimum Gasteiger partial charge on any atom is -0.303 e. The van der Waals surface area contributed by atoms with Gasteiger partial charge in [-0.1, -0.05) is 29.8 Å². The Bertz CT molecular complexity index is 687. The summed E-state index contributed by atoms with van der Waals surface area (Å²) in [5.74, 6) is -0.0184. The number of rotatable bonds is 3. The maximum atomic E-state index is 12.8. The summed E-state index contributed by atoms with van der Waals surface area (Å²) < 4.78 is 27.2. The highest BCUT2D eigenvalue weighted by molar-refractivity contribution is 7.88. The van der Waals surface area contributed by atoms with E-state index >= 15 is 0 Å². The molecule has 0 aliphatic carbocycles. The van der Waals surface area contributed by atoms with E-state index in [0.29, 0.717) is 23.7 Å². The first-order chi connectivity index (χ1) is 11.3. The molecule has 0 radical (unpaired) electrons. The fourth-order valence-electron chi connectivity index (χ4n) is 3.88. The fraction of sp³-hybridized carbons (Fsp3) is 0.647. The van der Waals surface area contributed by atoms with Crippen LogP contribution in [0.2, 0.25) is 5.02 Å². The van der Waals surface area contributed by atoms with Gasteiger partial charge in [0, 0.05) is 43.3 Å². The number of benzene rings is 1. The quantitative estimate of drug-likeness (QED) is 0.813. The second-order valence-electron chi connectivity index (χ2n) is 7.13. The van der Waals surface area contributed by atoms with Crippen molar-refractivity contribution in [2.75, 3.05) is 46.8 Å². The fourth-order valence-corrected chi connectivity index (χ4v) is 5.73. The third kappa shape index (κ3) is 3.63. The minimum atomic E-state index is -3.33.